The van der Waals surface area contributed by atoms with Crippen LogP contribution in [-0.4, -0.2) is 45.2 Å². The molecule has 24 heavy (non-hydrogen) atoms. The Bertz CT molecular complexity index is 694. The van der Waals surface area contributed by atoms with E-state index in [0.717, 1.165) is 23.3 Å². The van der Waals surface area contributed by atoms with Crippen molar-refractivity contribution in [2.75, 3.05) is 17.6 Å². The molecule has 0 saturated carbocycles. The van der Waals surface area contributed by atoms with Gasteiger partial charge in [-0.1, -0.05) is 23.9 Å². The first-order chi connectivity index (χ1) is 11.4. The van der Waals surface area contributed by atoms with Crippen LogP contribution >= 0.6 is 11.8 Å². The largest absolute Gasteiger partial charge is 0.370 e. The van der Waals surface area contributed by atoms with Crippen molar-refractivity contribution >= 4 is 34.4 Å². The van der Waals surface area contributed by atoms with Gasteiger partial charge in [0.1, 0.15) is 5.82 Å². The molecule has 1 heterocycles. The second kappa shape index (κ2) is 8.33. The quantitative estimate of drug-likeness (QED) is 0.610. The van der Waals surface area contributed by atoms with Crippen molar-refractivity contribution in [2.24, 2.45) is 0 Å². The Morgan fingerprint density at radius 2 is 1.83 bits per heavy atom. The number of nitrogens with one attached hydrogen (secondary N) is 1. The van der Waals surface area contributed by atoms with Crippen molar-refractivity contribution in [1.82, 2.24) is 14.9 Å². The van der Waals surface area contributed by atoms with E-state index in [1.54, 1.807) is 0 Å². The lowest BCUT2D eigenvalue weighted by Crippen LogP contribution is -2.43. The maximum atomic E-state index is 12.5. The molecule has 0 saturated heterocycles. The molecule has 0 spiro atoms. The second-order valence-corrected chi connectivity index (χ2v) is 7.12. The highest BCUT2D eigenvalue weighted by Gasteiger charge is 2.20. The van der Waals surface area contributed by atoms with E-state index in [0.29, 0.717) is 10.9 Å². The van der Waals surface area contributed by atoms with Gasteiger partial charge < -0.3 is 10.2 Å². The predicted octanol–water partition coefficient (Wildman–Crippen LogP) is 3.80. The Morgan fingerprint density at radius 3 is 2.46 bits per heavy atom. The molecule has 0 unspecified atom stereocenters. The van der Waals surface area contributed by atoms with Crippen molar-refractivity contribution < 1.29 is 4.79 Å². The Morgan fingerprint density at radius 1 is 1.17 bits per heavy atom. The molecule has 5 nitrogen and oxygen atoms in total. The summed E-state index contributed by atoms with van der Waals surface area (Å²) >= 11 is 1.39. The van der Waals surface area contributed by atoms with E-state index in [9.17, 15) is 4.79 Å². The number of carbonyl (C=O) groups excluding carboxylic acids is 1. The van der Waals surface area contributed by atoms with Gasteiger partial charge in [-0.05, 0) is 46.8 Å². The minimum absolute atomic E-state index is 0.117. The number of hydrogen-bond donors (Lipinski definition) is 1. The monoisotopic (exact) mass is 346 g/mol. The van der Waals surface area contributed by atoms with E-state index in [-0.39, 0.29) is 18.0 Å². The average molecular weight is 347 g/mol. The predicted molar refractivity (Wildman–Crippen MR) is 102 cm³/mol. The van der Waals surface area contributed by atoms with Crippen molar-refractivity contribution in [2.45, 2.75) is 51.9 Å². The third kappa shape index (κ3) is 4.38. The SMILES string of the molecule is CCNc1nc(SCC(=O)N(C(C)C)C(C)C)nc2ccccc12. The van der Waals surface area contributed by atoms with Gasteiger partial charge in [0.2, 0.25) is 5.91 Å². The molecule has 1 aromatic carbocycles. The van der Waals surface area contributed by atoms with Gasteiger partial charge in [0.05, 0.1) is 11.3 Å². The molecule has 0 aliphatic rings. The van der Waals surface area contributed by atoms with E-state index in [4.69, 9.17) is 0 Å². The molecule has 0 fully saturated rings. The van der Waals surface area contributed by atoms with Gasteiger partial charge in [-0.25, -0.2) is 9.97 Å². The number of para-hydroxylation sites is 1. The number of thioether (sulfide) groups is 1. The van der Waals surface area contributed by atoms with Crippen LogP contribution in [0.3, 0.4) is 0 Å². The summed E-state index contributed by atoms with van der Waals surface area (Å²) < 4.78 is 0. The second-order valence-electron chi connectivity index (χ2n) is 6.18. The molecule has 1 aromatic heterocycles. The van der Waals surface area contributed by atoms with Crippen LogP contribution in [0.5, 0.6) is 0 Å². The zero-order chi connectivity index (χ0) is 17.7. The molecule has 0 radical (unpaired) electrons. The third-order valence-electron chi connectivity index (χ3n) is 3.65. The highest BCUT2D eigenvalue weighted by atomic mass is 32.2. The summed E-state index contributed by atoms with van der Waals surface area (Å²) in [5, 5.41) is 4.91. The summed E-state index contributed by atoms with van der Waals surface area (Å²) in [6.07, 6.45) is 0. The van der Waals surface area contributed by atoms with Crippen molar-refractivity contribution in [3.8, 4) is 0 Å². The van der Waals surface area contributed by atoms with Crippen molar-refractivity contribution in [3.05, 3.63) is 24.3 Å². The Hall–Kier alpha value is -1.82. The van der Waals surface area contributed by atoms with Gasteiger partial charge in [-0.15, -0.1) is 0 Å². The first-order valence-electron chi connectivity index (χ1n) is 8.38. The normalized spacial score (nSPS) is 11.3. The lowest BCUT2D eigenvalue weighted by molar-refractivity contribution is -0.131. The zero-order valence-corrected chi connectivity index (χ0v) is 15.9. The van der Waals surface area contributed by atoms with Crippen LogP contribution in [0.4, 0.5) is 5.82 Å². The van der Waals surface area contributed by atoms with E-state index in [1.807, 2.05) is 63.8 Å². The fourth-order valence-corrected chi connectivity index (χ4v) is 3.52. The molecule has 2 rings (SSSR count). The number of hydrogen-bond acceptors (Lipinski definition) is 5. The van der Waals surface area contributed by atoms with Crippen LogP contribution in [0.25, 0.3) is 10.9 Å². The van der Waals surface area contributed by atoms with Gasteiger partial charge in [0, 0.05) is 24.0 Å². The van der Waals surface area contributed by atoms with Gasteiger partial charge in [0.15, 0.2) is 5.16 Å². The minimum atomic E-state index is 0.117. The minimum Gasteiger partial charge on any atom is -0.370 e. The summed E-state index contributed by atoms with van der Waals surface area (Å²) in [5.41, 5.74) is 0.892. The molecule has 0 aliphatic carbocycles. The highest BCUT2D eigenvalue weighted by molar-refractivity contribution is 7.99. The van der Waals surface area contributed by atoms with Crippen LogP contribution in [0.2, 0.25) is 0 Å². The first kappa shape index (κ1) is 18.5. The molecule has 0 bridgehead atoms. The molecular formula is C18H26N4OS. The summed E-state index contributed by atoms with van der Waals surface area (Å²) in [5.74, 6) is 1.29. The zero-order valence-electron chi connectivity index (χ0n) is 15.0. The molecule has 0 atom stereocenters. The lowest BCUT2D eigenvalue weighted by Gasteiger charge is -2.30. The standard InChI is InChI=1S/C18H26N4OS/c1-6-19-17-14-9-7-8-10-15(14)20-18(21-17)24-11-16(23)22(12(2)3)13(4)5/h7-10,12-13H,6,11H2,1-5H3,(H,19,20,21). The molecule has 1 N–H and O–H groups in total. The van der Waals surface area contributed by atoms with Gasteiger partial charge in [-0.2, -0.15) is 0 Å². The molecule has 0 aliphatic heterocycles. The van der Waals surface area contributed by atoms with E-state index in [1.165, 1.54) is 11.8 Å². The maximum Gasteiger partial charge on any atom is 0.233 e. The van der Waals surface area contributed by atoms with E-state index >= 15 is 0 Å². The number of benzene rings is 1. The summed E-state index contributed by atoms with van der Waals surface area (Å²) in [6.45, 7) is 11.0. The van der Waals surface area contributed by atoms with E-state index < -0.39 is 0 Å². The maximum absolute atomic E-state index is 12.5. The van der Waals surface area contributed by atoms with Crippen LogP contribution in [0.1, 0.15) is 34.6 Å². The van der Waals surface area contributed by atoms with E-state index in [2.05, 4.69) is 15.3 Å². The fourth-order valence-electron chi connectivity index (χ4n) is 2.80. The Labute approximate surface area is 148 Å². The topological polar surface area (TPSA) is 58.1 Å². The smallest absolute Gasteiger partial charge is 0.233 e. The van der Waals surface area contributed by atoms with Gasteiger partial charge >= 0.3 is 0 Å². The highest BCUT2D eigenvalue weighted by Crippen LogP contribution is 2.24. The number of nitrogens with zero attached hydrogens (tertiary/aromatic N) is 3. The molecular weight excluding hydrogens is 320 g/mol. The summed E-state index contributed by atoms with van der Waals surface area (Å²) in [4.78, 5) is 23.6. The van der Waals surface area contributed by atoms with Crippen molar-refractivity contribution in [1.29, 1.82) is 0 Å². The number of carbonyl (C=O) groups is 1. The number of rotatable bonds is 7. The molecule has 130 valence electrons. The Balaban J connectivity index is 2.19. The van der Waals surface area contributed by atoms with Crippen LogP contribution in [0.15, 0.2) is 29.4 Å². The average Bonchev–Trinajstić information content (AvgIpc) is 2.52. The number of anilines is 1. The van der Waals surface area contributed by atoms with Crippen LogP contribution in [0, 0.1) is 0 Å². The van der Waals surface area contributed by atoms with Crippen LogP contribution < -0.4 is 5.32 Å². The van der Waals surface area contributed by atoms with Gasteiger partial charge in [0.25, 0.3) is 0 Å². The lowest BCUT2D eigenvalue weighted by atomic mass is 10.2. The molecule has 2 aromatic rings. The van der Waals surface area contributed by atoms with Crippen LogP contribution in [-0.2, 0) is 4.79 Å². The number of fused-ring (bicyclic) bond motifs is 1. The first-order valence-corrected chi connectivity index (χ1v) is 9.37. The number of amides is 1. The fraction of sp³-hybridized carbons (Fsp3) is 0.500. The summed E-state index contributed by atoms with van der Waals surface area (Å²) in [7, 11) is 0. The Kier molecular flexibility index (Phi) is 6.43. The molecule has 1 amide bonds. The van der Waals surface area contributed by atoms with Gasteiger partial charge in [-0.3, -0.25) is 4.79 Å². The third-order valence-corrected chi connectivity index (χ3v) is 4.48. The summed E-state index contributed by atoms with van der Waals surface area (Å²) in [6, 6.07) is 8.29. The van der Waals surface area contributed by atoms with Crippen molar-refractivity contribution in [3.63, 3.8) is 0 Å². The number of aromatic nitrogens is 2. The molecule has 6 heteroatoms.